The minimum absolute atomic E-state index is 0.221. The van der Waals surface area contributed by atoms with Crippen molar-refractivity contribution in [1.29, 1.82) is 0 Å². The van der Waals surface area contributed by atoms with Gasteiger partial charge in [-0.25, -0.2) is 9.97 Å². The molecular weight excluding hydrogens is 343 g/mol. The highest BCUT2D eigenvalue weighted by Gasteiger charge is 2.34. The molecule has 0 saturated carbocycles. The standard InChI is InChI=1S/C14H10F3N5OS/c15-14(16,17)9-3-4-20-12(22-9)10(11(19)23)13-21-7-2-1-6(18)5-8(7)24-13/h1-5,21H,18H2,(H2,19,23). The summed E-state index contributed by atoms with van der Waals surface area (Å²) in [6.07, 6.45) is -3.72. The number of carbonyl (C=O) groups excluding carboxylic acids is 1. The number of nitrogens with two attached hydrogens (primary N) is 2. The molecule has 1 aliphatic heterocycles. The maximum Gasteiger partial charge on any atom is 0.433 e. The van der Waals surface area contributed by atoms with Gasteiger partial charge in [0.25, 0.3) is 5.91 Å². The van der Waals surface area contributed by atoms with Gasteiger partial charge in [0.1, 0.15) is 11.3 Å². The number of primary amides is 1. The van der Waals surface area contributed by atoms with Gasteiger partial charge < -0.3 is 16.8 Å². The number of fused-ring (bicyclic) bond motifs is 1. The topological polar surface area (TPSA) is 107 Å². The van der Waals surface area contributed by atoms with Gasteiger partial charge in [-0.2, -0.15) is 13.2 Å². The Hall–Kier alpha value is -2.75. The van der Waals surface area contributed by atoms with Crippen LogP contribution in [0.3, 0.4) is 0 Å². The summed E-state index contributed by atoms with van der Waals surface area (Å²) in [6, 6.07) is 5.74. The second kappa shape index (κ2) is 5.71. The van der Waals surface area contributed by atoms with E-state index in [4.69, 9.17) is 11.5 Å². The third-order valence-electron chi connectivity index (χ3n) is 3.11. The van der Waals surface area contributed by atoms with Gasteiger partial charge in [-0.15, -0.1) is 0 Å². The summed E-state index contributed by atoms with van der Waals surface area (Å²) in [5.74, 6) is -1.33. The first-order valence-electron chi connectivity index (χ1n) is 6.55. The van der Waals surface area contributed by atoms with E-state index < -0.39 is 23.6 Å². The van der Waals surface area contributed by atoms with Gasteiger partial charge in [0.2, 0.25) is 0 Å². The van der Waals surface area contributed by atoms with Crippen molar-refractivity contribution in [3.8, 4) is 0 Å². The molecule has 1 aromatic heterocycles. The highest BCUT2D eigenvalue weighted by Crippen LogP contribution is 2.44. The van der Waals surface area contributed by atoms with Crippen molar-refractivity contribution in [2.45, 2.75) is 11.1 Å². The van der Waals surface area contributed by atoms with E-state index in [0.29, 0.717) is 11.4 Å². The molecule has 0 bridgehead atoms. The molecule has 2 heterocycles. The van der Waals surface area contributed by atoms with Gasteiger partial charge in [-0.3, -0.25) is 4.79 Å². The quantitative estimate of drug-likeness (QED) is 0.565. The third-order valence-corrected chi connectivity index (χ3v) is 4.18. The lowest BCUT2D eigenvalue weighted by molar-refractivity contribution is -0.141. The Morgan fingerprint density at radius 3 is 2.67 bits per heavy atom. The Morgan fingerprint density at radius 1 is 1.25 bits per heavy atom. The van der Waals surface area contributed by atoms with Crippen LogP contribution < -0.4 is 16.8 Å². The summed E-state index contributed by atoms with van der Waals surface area (Å²) in [4.78, 5) is 19.7. The van der Waals surface area contributed by atoms with E-state index in [0.717, 1.165) is 28.9 Å². The van der Waals surface area contributed by atoms with Crippen molar-refractivity contribution >= 4 is 34.6 Å². The summed E-state index contributed by atoms with van der Waals surface area (Å²) in [5.41, 5.74) is 10.8. The lowest BCUT2D eigenvalue weighted by Crippen LogP contribution is -2.19. The number of hydrogen-bond acceptors (Lipinski definition) is 6. The van der Waals surface area contributed by atoms with Crippen LogP contribution in [0.25, 0.3) is 5.57 Å². The van der Waals surface area contributed by atoms with Crippen LogP contribution in [0.5, 0.6) is 0 Å². The minimum Gasteiger partial charge on any atom is -0.399 e. The number of nitrogen functional groups attached to an aromatic ring is 1. The number of aromatic nitrogens is 2. The molecule has 0 aliphatic carbocycles. The van der Waals surface area contributed by atoms with Crippen LogP contribution in [0.2, 0.25) is 0 Å². The van der Waals surface area contributed by atoms with Crippen LogP contribution in [0.1, 0.15) is 11.5 Å². The Morgan fingerprint density at radius 2 is 2.00 bits per heavy atom. The number of hydrogen-bond donors (Lipinski definition) is 3. The number of rotatable bonds is 2. The lowest BCUT2D eigenvalue weighted by Gasteiger charge is -2.09. The Bertz CT molecular complexity index is 866. The third kappa shape index (κ3) is 3.00. The molecule has 0 spiro atoms. The molecular formula is C14H10F3N5OS. The molecule has 1 aliphatic rings. The average Bonchev–Trinajstić information content (AvgIpc) is 2.88. The molecule has 3 rings (SSSR count). The molecule has 0 unspecified atom stereocenters. The van der Waals surface area contributed by atoms with Crippen molar-refractivity contribution in [3.05, 3.63) is 47.0 Å². The molecule has 5 N–H and O–H groups in total. The van der Waals surface area contributed by atoms with Crippen LogP contribution in [0.4, 0.5) is 24.5 Å². The number of anilines is 2. The zero-order valence-corrected chi connectivity index (χ0v) is 12.7. The average molecular weight is 353 g/mol. The monoisotopic (exact) mass is 353 g/mol. The van der Waals surface area contributed by atoms with Gasteiger partial charge >= 0.3 is 6.18 Å². The summed E-state index contributed by atoms with van der Waals surface area (Å²) in [7, 11) is 0. The highest BCUT2D eigenvalue weighted by atomic mass is 32.2. The Labute approximate surface area is 138 Å². The van der Waals surface area contributed by atoms with E-state index in [1.54, 1.807) is 18.2 Å². The number of halogens is 3. The van der Waals surface area contributed by atoms with Gasteiger partial charge in [0, 0.05) is 16.8 Å². The number of nitrogens with zero attached hydrogens (tertiary/aromatic N) is 2. The second-order valence-electron chi connectivity index (χ2n) is 4.81. The predicted octanol–water partition coefficient (Wildman–Crippen LogP) is 2.45. The van der Waals surface area contributed by atoms with Gasteiger partial charge in [0.15, 0.2) is 5.82 Å². The maximum atomic E-state index is 12.8. The van der Waals surface area contributed by atoms with Crippen molar-refractivity contribution in [3.63, 3.8) is 0 Å². The zero-order chi connectivity index (χ0) is 17.5. The first-order chi connectivity index (χ1) is 11.3. The number of nitrogens with one attached hydrogen (secondary N) is 1. The van der Waals surface area contributed by atoms with E-state index in [-0.39, 0.29) is 10.6 Å². The first kappa shape index (κ1) is 16.1. The van der Waals surface area contributed by atoms with Crippen LogP contribution >= 0.6 is 11.8 Å². The fraction of sp³-hybridized carbons (Fsp3) is 0.0714. The van der Waals surface area contributed by atoms with Crippen LogP contribution in [0, 0.1) is 0 Å². The van der Waals surface area contributed by atoms with Gasteiger partial charge in [0.05, 0.1) is 10.7 Å². The number of thioether (sulfide) groups is 1. The Balaban J connectivity index is 2.08. The van der Waals surface area contributed by atoms with E-state index in [2.05, 4.69) is 15.3 Å². The van der Waals surface area contributed by atoms with E-state index in [9.17, 15) is 18.0 Å². The van der Waals surface area contributed by atoms with Gasteiger partial charge in [-0.05, 0) is 24.3 Å². The fourth-order valence-electron chi connectivity index (χ4n) is 2.06. The van der Waals surface area contributed by atoms with Crippen molar-refractivity contribution in [2.24, 2.45) is 5.73 Å². The van der Waals surface area contributed by atoms with Crippen molar-refractivity contribution < 1.29 is 18.0 Å². The smallest absolute Gasteiger partial charge is 0.399 e. The Kier molecular flexibility index (Phi) is 3.84. The van der Waals surface area contributed by atoms with Crippen LogP contribution in [-0.2, 0) is 11.0 Å². The fourth-order valence-corrected chi connectivity index (χ4v) is 3.16. The molecule has 0 fully saturated rings. The first-order valence-corrected chi connectivity index (χ1v) is 7.36. The number of amides is 1. The molecule has 0 radical (unpaired) electrons. The summed E-state index contributed by atoms with van der Waals surface area (Å²) >= 11 is 1.12. The number of alkyl halides is 3. The molecule has 10 heteroatoms. The predicted molar refractivity (Wildman–Crippen MR) is 83.5 cm³/mol. The van der Waals surface area contributed by atoms with Crippen molar-refractivity contribution in [2.75, 3.05) is 11.1 Å². The SMILES string of the molecule is NC(=O)C(=C1Nc2ccc(N)cc2S1)c1nccc(C(F)(F)F)n1. The van der Waals surface area contributed by atoms with Crippen LogP contribution in [0.15, 0.2) is 40.4 Å². The molecule has 124 valence electrons. The highest BCUT2D eigenvalue weighted by molar-refractivity contribution is 8.04. The molecule has 1 aromatic carbocycles. The van der Waals surface area contributed by atoms with E-state index in [1.165, 1.54) is 0 Å². The maximum absolute atomic E-state index is 12.8. The second-order valence-corrected chi connectivity index (χ2v) is 5.87. The summed E-state index contributed by atoms with van der Waals surface area (Å²) in [6.45, 7) is 0. The molecule has 6 nitrogen and oxygen atoms in total. The largest absolute Gasteiger partial charge is 0.433 e. The van der Waals surface area contributed by atoms with Crippen LogP contribution in [-0.4, -0.2) is 15.9 Å². The lowest BCUT2D eigenvalue weighted by atomic mass is 10.2. The molecule has 0 atom stereocenters. The summed E-state index contributed by atoms with van der Waals surface area (Å²) in [5, 5.41) is 3.18. The molecule has 1 amide bonds. The van der Waals surface area contributed by atoms with E-state index in [1.807, 2.05) is 0 Å². The van der Waals surface area contributed by atoms with Gasteiger partial charge in [-0.1, -0.05) is 11.8 Å². The number of benzene rings is 1. The van der Waals surface area contributed by atoms with Crippen molar-refractivity contribution in [1.82, 2.24) is 9.97 Å². The normalized spacial score (nSPS) is 15.6. The summed E-state index contributed by atoms with van der Waals surface area (Å²) < 4.78 is 38.4. The minimum atomic E-state index is -4.65. The molecule has 24 heavy (non-hydrogen) atoms. The molecule has 0 saturated heterocycles. The number of carbonyl (C=O) groups is 1. The van der Waals surface area contributed by atoms with E-state index >= 15 is 0 Å². The molecule has 2 aromatic rings. The zero-order valence-electron chi connectivity index (χ0n) is 11.9.